The Labute approximate surface area is 112 Å². The molecule has 0 fully saturated rings. The van der Waals surface area contributed by atoms with Gasteiger partial charge in [0.2, 0.25) is 0 Å². The van der Waals surface area contributed by atoms with Crippen molar-refractivity contribution in [2.24, 2.45) is 4.99 Å². The van der Waals surface area contributed by atoms with Crippen LogP contribution in [0.4, 0.5) is 9.59 Å². The first kappa shape index (κ1) is 15.5. The van der Waals surface area contributed by atoms with E-state index in [1.54, 1.807) is 0 Å². The molecule has 0 aromatic carbocycles. The molecule has 9 nitrogen and oxygen atoms in total. The van der Waals surface area contributed by atoms with Gasteiger partial charge in [0.05, 0.1) is 21.5 Å². The van der Waals surface area contributed by atoms with Crippen LogP contribution in [0.5, 0.6) is 0 Å². The lowest BCUT2D eigenvalue weighted by Gasteiger charge is -2.20. The summed E-state index contributed by atoms with van der Waals surface area (Å²) in [6.45, 7) is 1.48. The Morgan fingerprint density at radius 2 is 2.00 bits per heavy atom. The molecule has 0 aromatic rings. The maximum atomic E-state index is 11.6. The molecule has 0 atom stereocenters. The van der Waals surface area contributed by atoms with Crippen LogP contribution in [0.2, 0.25) is 0 Å². The molecule has 3 amide bonds. The lowest BCUT2D eigenvalue weighted by Crippen LogP contribution is -2.43. The van der Waals surface area contributed by atoms with Crippen LogP contribution in [-0.4, -0.2) is 61.8 Å². The highest BCUT2D eigenvalue weighted by Crippen LogP contribution is 2.04. The molecule has 0 saturated heterocycles. The van der Waals surface area contributed by atoms with E-state index in [2.05, 4.69) is 15.2 Å². The number of ether oxygens (including phenoxy) is 1. The Balaban J connectivity index is 3.44. The number of nitrogens with one attached hydrogen (secondary N) is 1. The van der Waals surface area contributed by atoms with E-state index in [1.807, 2.05) is 0 Å². The SMILES string of the molecule is COC(=O)N1NC(C)=[S-](=S(=O)=O)C1=NC(=O)N(C)C. The largest absolute Gasteiger partial charge is 0.452 e. The first-order chi connectivity index (χ1) is 8.79. The van der Waals surface area contributed by atoms with Gasteiger partial charge in [-0.2, -0.15) is 0 Å². The number of rotatable bonds is 0. The van der Waals surface area contributed by atoms with Gasteiger partial charge >= 0.3 is 12.1 Å². The van der Waals surface area contributed by atoms with Crippen molar-refractivity contribution in [3.8, 4) is 0 Å². The fraction of sp³-hybridized carbons (Fsp3) is 0.500. The molecular weight excluding hydrogens is 296 g/mol. The number of hydrazine groups is 1. The predicted molar refractivity (Wildman–Crippen MR) is 70.9 cm³/mol. The van der Waals surface area contributed by atoms with E-state index in [-0.39, 0.29) is 10.2 Å². The molecular formula is C8H13N4O5S2-. The lowest BCUT2D eigenvalue weighted by atomic mass is 10.8. The van der Waals surface area contributed by atoms with Gasteiger partial charge in [0.15, 0.2) is 0 Å². The van der Waals surface area contributed by atoms with Gasteiger partial charge in [-0.05, 0) is 0 Å². The second-order valence-electron chi connectivity index (χ2n) is 3.52. The van der Waals surface area contributed by atoms with E-state index in [0.717, 1.165) is 17.0 Å². The molecule has 11 heteroatoms. The van der Waals surface area contributed by atoms with Gasteiger partial charge in [-0.3, -0.25) is 9.04 Å². The molecule has 1 aliphatic heterocycles. The number of amides is 3. The zero-order chi connectivity index (χ0) is 14.7. The fourth-order valence-corrected chi connectivity index (χ4v) is 3.76. The average molecular weight is 309 g/mol. The Hall–Kier alpha value is -1.59. The van der Waals surface area contributed by atoms with E-state index < -0.39 is 30.4 Å². The van der Waals surface area contributed by atoms with Crippen molar-refractivity contribution in [2.45, 2.75) is 6.92 Å². The summed E-state index contributed by atoms with van der Waals surface area (Å²) in [6, 6.07) is -0.677. The number of carbonyl (C=O) groups excluding carboxylic acids is 2. The first-order valence-corrected chi connectivity index (χ1v) is 7.73. The predicted octanol–water partition coefficient (Wildman–Crippen LogP) is -0.827. The molecule has 0 spiro atoms. The van der Waals surface area contributed by atoms with E-state index in [1.165, 1.54) is 21.0 Å². The Morgan fingerprint density at radius 3 is 2.42 bits per heavy atom. The normalized spacial score (nSPS) is 17.8. The second kappa shape index (κ2) is 6.04. The van der Waals surface area contributed by atoms with Crippen molar-refractivity contribution < 1.29 is 22.7 Å². The highest BCUT2D eigenvalue weighted by atomic mass is 32.8. The van der Waals surface area contributed by atoms with Crippen LogP contribution in [-0.2, 0) is 23.0 Å². The molecule has 0 unspecified atom stereocenters. The molecule has 108 valence electrons. The second-order valence-corrected chi connectivity index (χ2v) is 7.26. The van der Waals surface area contributed by atoms with Crippen molar-refractivity contribution in [3.05, 3.63) is 0 Å². The standard InChI is InChI=1S/C8H13N4O5S2/c1-5-10-12(8(14)17-4)7(18(5)19(15)16)9-6(13)11(2)3/h10H,1-4H3/q-1. The highest BCUT2D eigenvalue weighted by molar-refractivity contribution is 8.40. The van der Waals surface area contributed by atoms with Gasteiger partial charge < -0.3 is 9.64 Å². The molecule has 1 rings (SSSR count). The number of aliphatic imine (C=N–C) groups is 1. The zero-order valence-corrected chi connectivity index (χ0v) is 12.3. The number of methoxy groups -OCH3 is 1. The third-order valence-corrected chi connectivity index (χ3v) is 5.51. The summed E-state index contributed by atoms with van der Waals surface area (Å²) in [4.78, 5) is 28.2. The lowest BCUT2D eigenvalue weighted by molar-refractivity contribution is 0.141. The fourth-order valence-electron chi connectivity index (χ4n) is 1.12. The van der Waals surface area contributed by atoms with Crippen molar-refractivity contribution >= 4 is 40.6 Å². The zero-order valence-electron chi connectivity index (χ0n) is 10.7. The monoisotopic (exact) mass is 309 g/mol. The molecule has 0 aromatic heterocycles. The van der Waals surface area contributed by atoms with Crippen LogP contribution >= 0.6 is 0 Å². The van der Waals surface area contributed by atoms with Crippen molar-refractivity contribution in [2.75, 3.05) is 21.2 Å². The molecule has 1 N–H and O–H groups in total. The van der Waals surface area contributed by atoms with Crippen molar-refractivity contribution in [1.82, 2.24) is 15.3 Å². The maximum Gasteiger partial charge on any atom is 0.428 e. The minimum absolute atomic E-state index is 0.212. The number of urea groups is 1. The van der Waals surface area contributed by atoms with Gasteiger partial charge in [-0.25, -0.2) is 33.4 Å². The van der Waals surface area contributed by atoms with Gasteiger partial charge in [0, 0.05) is 14.1 Å². The number of carbonyl (C=O) groups is 2. The van der Waals surface area contributed by atoms with Gasteiger partial charge in [0.25, 0.3) is 0 Å². The quantitative estimate of drug-likeness (QED) is 0.462. The summed E-state index contributed by atoms with van der Waals surface area (Å²) in [7, 11) is 0.00736. The minimum Gasteiger partial charge on any atom is -0.452 e. The molecule has 0 radical (unpaired) electrons. The third-order valence-electron chi connectivity index (χ3n) is 1.97. The number of hydrogen-bond acceptors (Lipinski definition) is 7. The number of amidine groups is 1. The Morgan fingerprint density at radius 1 is 1.42 bits per heavy atom. The topological polar surface area (TPSA) is 108 Å². The number of nitrogens with zero attached hydrogens (tertiary/aromatic N) is 3. The molecule has 1 heterocycles. The Kier molecular flexibility index (Phi) is 4.91. The van der Waals surface area contributed by atoms with E-state index in [4.69, 9.17) is 0 Å². The van der Waals surface area contributed by atoms with Gasteiger partial charge in [-0.15, -0.1) is 0 Å². The average Bonchev–Trinajstić information content (AvgIpc) is 2.64. The summed E-state index contributed by atoms with van der Waals surface area (Å²) < 4.78 is 26.9. The van der Waals surface area contributed by atoms with Crippen molar-refractivity contribution in [1.29, 1.82) is 0 Å². The van der Waals surface area contributed by atoms with Crippen LogP contribution in [0.1, 0.15) is 6.92 Å². The van der Waals surface area contributed by atoms with Crippen LogP contribution in [0.15, 0.2) is 4.99 Å². The molecule has 0 saturated carbocycles. The summed E-state index contributed by atoms with van der Waals surface area (Å²) in [6.07, 6.45) is -0.856. The van der Waals surface area contributed by atoms with Crippen LogP contribution in [0.25, 0.3) is 0 Å². The summed E-state index contributed by atoms with van der Waals surface area (Å²) in [5.41, 5.74) is 2.52. The van der Waals surface area contributed by atoms with Crippen LogP contribution in [0, 0.1) is 0 Å². The van der Waals surface area contributed by atoms with E-state index in [0.29, 0.717) is 0 Å². The number of hydrogen-bond donors (Lipinski definition) is 1. The van der Waals surface area contributed by atoms with E-state index in [9.17, 15) is 18.0 Å². The molecule has 0 bridgehead atoms. The molecule has 0 aliphatic carbocycles. The molecule has 1 aliphatic rings. The highest BCUT2D eigenvalue weighted by Gasteiger charge is 2.22. The van der Waals surface area contributed by atoms with Crippen LogP contribution in [0.3, 0.4) is 0 Å². The van der Waals surface area contributed by atoms with Crippen molar-refractivity contribution in [3.63, 3.8) is 0 Å². The first-order valence-electron chi connectivity index (χ1n) is 4.91. The van der Waals surface area contributed by atoms with Crippen LogP contribution < -0.4 is 5.43 Å². The van der Waals surface area contributed by atoms with Gasteiger partial charge in [-0.1, -0.05) is 11.9 Å². The third kappa shape index (κ3) is 3.24. The summed E-state index contributed by atoms with van der Waals surface area (Å²) >= 11 is 0. The molecule has 19 heavy (non-hydrogen) atoms. The summed E-state index contributed by atoms with van der Waals surface area (Å²) in [5.74, 6) is 0. The maximum absolute atomic E-state index is 11.6. The van der Waals surface area contributed by atoms with E-state index >= 15 is 0 Å². The minimum atomic E-state index is -2.54. The summed E-state index contributed by atoms with van der Waals surface area (Å²) in [5, 5.41) is 0.590. The smallest absolute Gasteiger partial charge is 0.428 e. The van der Waals surface area contributed by atoms with Gasteiger partial charge in [0.1, 0.15) is 0 Å². The Bertz CT molecular complexity index is 634.